The smallest absolute Gasteiger partial charge is 0.323 e. The van der Waals surface area contributed by atoms with Gasteiger partial charge >= 0.3 is 5.97 Å². The van der Waals surface area contributed by atoms with Crippen LogP contribution in [-0.2, 0) is 9.59 Å². The molecule has 0 bridgehead atoms. The van der Waals surface area contributed by atoms with Crippen molar-refractivity contribution in [2.45, 2.75) is 39.8 Å². The second-order valence-electron chi connectivity index (χ2n) is 5.03. The highest BCUT2D eigenvalue weighted by atomic mass is 16.5. The lowest BCUT2D eigenvalue weighted by atomic mass is 10.2. The van der Waals surface area contributed by atoms with Crippen molar-refractivity contribution in [3.8, 4) is 5.75 Å². The van der Waals surface area contributed by atoms with E-state index in [4.69, 9.17) is 9.84 Å². The summed E-state index contributed by atoms with van der Waals surface area (Å²) in [5.74, 6) is -0.761. The summed E-state index contributed by atoms with van der Waals surface area (Å²) in [6, 6.07) is 7.19. The highest BCUT2D eigenvalue weighted by Gasteiger charge is 2.26. The number of ether oxygens (including phenoxy) is 1. The summed E-state index contributed by atoms with van der Waals surface area (Å²) in [7, 11) is 0. The number of aliphatic carboxylic acids is 1. The van der Waals surface area contributed by atoms with Crippen molar-refractivity contribution >= 4 is 11.9 Å². The molecule has 1 aromatic carbocycles. The monoisotopic (exact) mass is 279 g/mol. The van der Waals surface area contributed by atoms with Crippen molar-refractivity contribution in [3.63, 3.8) is 0 Å². The molecule has 5 heteroatoms. The fourth-order valence-corrected chi connectivity index (χ4v) is 1.84. The zero-order valence-corrected chi connectivity index (χ0v) is 12.3. The Labute approximate surface area is 119 Å². The van der Waals surface area contributed by atoms with Crippen LogP contribution in [0.25, 0.3) is 0 Å². The number of nitrogens with zero attached hydrogens (tertiary/aromatic N) is 1. The zero-order valence-electron chi connectivity index (χ0n) is 12.3. The SMILES string of the molecule is Cc1cccc(OC(C)C(=O)N(CC(=O)O)C(C)C)c1. The van der Waals surface area contributed by atoms with Gasteiger partial charge in [-0.05, 0) is 45.4 Å². The number of hydrogen-bond acceptors (Lipinski definition) is 3. The third-order valence-corrected chi connectivity index (χ3v) is 2.86. The van der Waals surface area contributed by atoms with Gasteiger partial charge in [-0.3, -0.25) is 9.59 Å². The molecule has 0 radical (unpaired) electrons. The summed E-state index contributed by atoms with van der Waals surface area (Å²) in [6.07, 6.45) is -0.724. The van der Waals surface area contributed by atoms with Crippen LogP contribution in [-0.4, -0.2) is 40.6 Å². The van der Waals surface area contributed by atoms with Crippen LogP contribution in [0.5, 0.6) is 5.75 Å². The third-order valence-electron chi connectivity index (χ3n) is 2.86. The minimum Gasteiger partial charge on any atom is -0.481 e. The molecule has 0 aliphatic heterocycles. The van der Waals surface area contributed by atoms with Gasteiger partial charge in [0.05, 0.1) is 0 Å². The molecule has 5 nitrogen and oxygen atoms in total. The quantitative estimate of drug-likeness (QED) is 0.865. The summed E-state index contributed by atoms with van der Waals surface area (Å²) >= 11 is 0. The number of rotatable bonds is 6. The summed E-state index contributed by atoms with van der Waals surface area (Å²) < 4.78 is 5.59. The highest BCUT2D eigenvalue weighted by molar-refractivity contribution is 5.84. The average Bonchev–Trinajstić information content (AvgIpc) is 2.34. The van der Waals surface area contributed by atoms with E-state index in [1.807, 2.05) is 25.1 Å². The molecular weight excluding hydrogens is 258 g/mol. The molecule has 0 heterocycles. The average molecular weight is 279 g/mol. The van der Waals surface area contributed by atoms with Crippen LogP contribution >= 0.6 is 0 Å². The first-order valence-electron chi connectivity index (χ1n) is 6.57. The second-order valence-corrected chi connectivity index (χ2v) is 5.03. The fourth-order valence-electron chi connectivity index (χ4n) is 1.84. The molecule has 110 valence electrons. The number of hydrogen-bond donors (Lipinski definition) is 1. The first kappa shape index (κ1) is 16.0. The zero-order chi connectivity index (χ0) is 15.3. The van der Waals surface area contributed by atoms with Gasteiger partial charge in [-0.2, -0.15) is 0 Å². The van der Waals surface area contributed by atoms with E-state index in [2.05, 4.69) is 0 Å². The van der Waals surface area contributed by atoms with Crippen LogP contribution < -0.4 is 4.74 Å². The predicted octanol–water partition coefficient (Wildman–Crippen LogP) is 2.08. The van der Waals surface area contributed by atoms with Crippen molar-refractivity contribution < 1.29 is 19.4 Å². The molecule has 1 unspecified atom stereocenters. The van der Waals surface area contributed by atoms with Gasteiger partial charge in [-0.15, -0.1) is 0 Å². The Morgan fingerprint density at radius 1 is 1.30 bits per heavy atom. The molecule has 0 fully saturated rings. The van der Waals surface area contributed by atoms with E-state index < -0.39 is 12.1 Å². The van der Waals surface area contributed by atoms with Crippen LogP contribution in [0.4, 0.5) is 0 Å². The number of carboxylic acids is 1. The molecule has 20 heavy (non-hydrogen) atoms. The molecule has 1 atom stereocenters. The number of carbonyl (C=O) groups is 2. The number of benzene rings is 1. The van der Waals surface area contributed by atoms with Gasteiger partial charge in [0.25, 0.3) is 5.91 Å². The number of carbonyl (C=O) groups excluding carboxylic acids is 1. The maximum Gasteiger partial charge on any atom is 0.323 e. The summed E-state index contributed by atoms with van der Waals surface area (Å²) in [6.45, 7) is 6.80. The third kappa shape index (κ3) is 4.57. The van der Waals surface area contributed by atoms with Crippen molar-refractivity contribution in [1.82, 2.24) is 4.90 Å². The maximum absolute atomic E-state index is 12.2. The molecule has 1 N–H and O–H groups in total. The summed E-state index contributed by atoms with van der Waals surface area (Å²) in [5.41, 5.74) is 1.04. The van der Waals surface area contributed by atoms with Crippen LogP contribution in [0.2, 0.25) is 0 Å². The van der Waals surface area contributed by atoms with Gasteiger partial charge in [0.1, 0.15) is 12.3 Å². The maximum atomic E-state index is 12.2. The van der Waals surface area contributed by atoms with Gasteiger partial charge in [0, 0.05) is 6.04 Å². The first-order chi connectivity index (χ1) is 9.31. The normalized spacial score (nSPS) is 12.1. The van der Waals surface area contributed by atoms with Crippen LogP contribution in [0.15, 0.2) is 24.3 Å². The Bertz CT molecular complexity index is 485. The molecule has 0 saturated heterocycles. The van der Waals surface area contributed by atoms with E-state index in [-0.39, 0.29) is 18.5 Å². The van der Waals surface area contributed by atoms with Crippen molar-refractivity contribution in [3.05, 3.63) is 29.8 Å². The summed E-state index contributed by atoms with van der Waals surface area (Å²) in [5, 5.41) is 8.85. The Morgan fingerprint density at radius 3 is 2.45 bits per heavy atom. The minimum atomic E-state index is -1.03. The molecule has 0 saturated carbocycles. The van der Waals surface area contributed by atoms with Gasteiger partial charge in [-0.1, -0.05) is 12.1 Å². The van der Waals surface area contributed by atoms with E-state index in [1.165, 1.54) is 4.90 Å². The van der Waals surface area contributed by atoms with Gasteiger partial charge in [-0.25, -0.2) is 0 Å². The summed E-state index contributed by atoms with van der Waals surface area (Å²) in [4.78, 5) is 24.4. The number of carboxylic acid groups (broad SMARTS) is 1. The standard InChI is InChI=1S/C15H21NO4/c1-10(2)16(9-14(17)18)15(19)12(4)20-13-7-5-6-11(3)8-13/h5-8,10,12H,9H2,1-4H3,(H,17,18). The van der Waals surface area contributed by atoms with E-state index >= 15 is 0 Å². The largest absolute Gasteiger partial charge is 0.481 e. The molecule has 0 aliphatic carbocycles. The predicted molar refractivity (Wildman–Crippen MR) is 75.8 cm³/mol. The molecule has 0 spiro atoms. The van der Waals surface area contributed by atoms with Crippen molar-refractivity contribution in [2.75, 3.05) is 6.54 Å². The Hall–Kier alpha value is -2.04. The lowest BCUT2D eigenvalue weighted by Gasteiger charge is -2.28. The first-order valence-corrected chi connectivity index (χ1v) is 6.57. The molecular formula is C15H21NO4. The van der Waals surface area contributed by atoms with Crippen molar-refractivity contribution in [2.24, 2.45) is 0 Å². The van der Waals surface area contributed by atoms with Gasteiger partial charge < -0.3 is 14.7 Å². The van der Waals surface area contributed by atoms with E-state index in [0.29, 0.717) is 5.75 Å². The molecule has 0 aliphatic rings. The van der Waals surface area contributed by atoms with Gasteiger partial charge in [0.2, 0.25) is 0 Å². The van der Waals surface area contributed by atoms with Crippen LogP contribution in [0, 0.1) is 6.92 Å². The van der Waals surface area contributed by atoms with Gasteiger partial charge in [0.15, 0.2) is 6.10 Å². The lowest BCUT2D eigenvalue weighted by molar-refractivity contribution is -0.149. The molecule has 1 aromatic rings. The number of aryl methyl sites for hydroxylation is 1. The van der Waals surface area contributed by atoms with E-state index in [1.54, 1.807) is 26.8 Å². The second kappa shape index (κ2) is 6.93. The topological polar surface area (TPSA) is 66.8 Å². The van der Waals surface area contributed by atoms with E-state index in [0.717, 1.165) is 5.56 Å². The lowest BCUT2D eigenvalue weighted by Crippen LogP contribution is -2.46. The van der Waals surface area contributed by atoms with Crippen LogP contribution in [0.3, 0.4) is 0 Å². The number of amides is 1. The highest BCUT2D eigenvalue weighted by Crippen LogP contribution is 2.15. The Morgan fingerprint density at radius 2 is 1.95 bits per heavy atom. The van der Waals surface area contributed by atoms with E-state index in [9.17, 15) is 9.59 Å². The Balaban J connectivity index is 2.76. The van der Waals surface area contributed by atoms with Crippen molar-refractivity contribution in [1.29, 1.82) is 0 Å². The molecule has 0 aromatic heterocycles. The minimum absolute atomic E-state index is 0.192. The Kier molecular flexibility index (Phi) is 5.55. The molecule has 1 rings (SSSR count). The molecule has 1 amide bonds. The fraction of sp³-hybridized carbons (Fsp3) is 0.467. The van der Waals surface area contributed by atoms with Crippen LogP contribution in [0.1, 0.15) is 26.3 Å².